The van der Waals surface area contributed by atoms with E-state index in [4.69, 9.17) is 92.8 Å². The zero-order valence-electron chi connectivity index (χ0n) is 8.84. The molecule has 6 aliphatic carbocycles. The Morgan fingerprint density at radius 3 is 0.950 bits per heavy atom. The molecule has 0 heterocycles. The van der Waals surface area contributed by atoms with Gasteiger partial charge in [0.05, 0.1) is 0 Å². The second kappa shape index (κ2) is 2.58. The summed E-state index contributed by atoms with van der Waals surface area (Å²) in [6.45, 7) is 0. The van der Waals surface area contributed by atoms with Crippen LogP contribution in [0.25, 0.3) is 0 Å². The molecule has 6 fully saturated rings. The van der Waals surface area contributed by atoms with Crippen molar-refractivity contribution < 1.29 is 9.59 Å². The van der Waals surface area contributed by atoms with Gasteiger partial charge in [-0.15, -0.1) is 92.8 Å². The van der Waals surface area contributed by atoms with Crippen molar-refractivity contribution in [2.45, 2.75) is 39.0 Å². The van der Waals surface area contributed by atoms with Crippen LogP contribution in [-0.2, 0) is 9.59 Å². The van der Waals surface area contributed by atoms with Gasteiger partial charge >= 0.3 is 0 Å². The first kappa shape index (κ1) is 14.0. The van der Waals surface area contributed by atoms with Crippen molar-refractivity contribution in [1.82, 2.24) is 0 Å². The Morgan fingerprint density at radius 2 is 0.700 bits per heavy atom. The molecule has 0 aromatic heterocycles. The van der Waals surface area contributed by atoms with E-state index in [-0.39, 0.29) is 0 Å². The van der Waals surface area contributed by atoms with Crippen LogP contribution in [-0.4, -0.2) is 50.6 Å². The highest BCUT2D eigenvalue weighted by atomic mass is 35.5. The summed E-state index contributed by atoms with van der Waals surface area (Å²) in [5.41, 5.74) is 0. The van der Waals surface area contributed by atoms with Gasteiger partial charge in [0.25, 0.3) is 0 Å². The van der Waals surface area contributed by atoms with Gasteiger partial charge in [0.2, 0.25) is 0 Å². The van der Waals surface area contributed by atoms with E-state index in [1.165, 1.54) is 0 Å². The van der Waals surface area contributed by atoms with Crippen molar-refractivity contribution in [2.24, 2.45) is 0 Å². The van der Waals surface area contributed by atoms with Gasteiger partial charge in [-0.25, -0.2) is 0 Å². The van der Waals surface area contributed by atoms with E-state index >= 15 is 0 Å². The summed E-state index contributed by atoms with van der Waals surface area (Å²) in [4.78, 5) is 10.2. The van der Waals surface area contributed by atoms with Crippen LogP contribution >= 0.6 is 92.8 Å². The summed E-state index contributed by atoms with van der Waals surface area (Å²) in [7, 11) is 0. The van der Waals surface area contributed by atoms with Gasteiger partial charge in [-0.1, -0.05) is 0 Å². The Morgan fingerprint density at radius 1 is 0.450 bits per heavy atom. The minimum Gasteiger partial charge on any atom is -0.295 e. The highest BCUT2D eigenvalue weighted by molar-refractivity contribution is 6.84. The quantitative estimate of drug-likeness (QED) is 0.548. The first-order chi connectivity index (χ1) is 8.81. The normalized spacial score (nSPS) is 81.8. The third-order valence-corrected chi connectivity index (χ3v) is 13.3. The first-order valence-electron chi connectivity index (χ1n) is 5.42. The highest BCUT2D eigenvalue weighted by Crippen LogP contribution is 3.06. The molecule has 2 nitrogen and oxygen atoms in total. The topological polar surface area (TPSA) is 34.1 Å². The van der Waals surface area contributed by atoms with Crippen molar-refractivity contribution >= 4 is 104 Å². The lowest BCUT2D eigenvalue weighted by Gasteiger charge is -2.84. The fraction of sp³-hybridized carbons (Fsp3) is 0.800. The fourth-order valence-corrected chi connectivity index (χ4v) is 12.1. The molecule has 0 aromatic carbocycles. The van der Waals surface area contributed by atoms with Crippen molar-refractivity contribution in [2.75, 3.05) is 0 Å². The van der Waals surface area contributed by atoms with Crippen molar-refractivity contribution in [1.29, 1.82) is 0 Å². The van der Waals surface area contributed by atoms with Gasteiger partial charge in [-0.3, -0.25) is 9.59 Å². The number of ketones is 2. The average Bonchev–Trinajstić information content (AvgIpc) is 2.66. The van der Waals surface area contributed by atoms with Crippen LogP contribution in [0.2, 0.25) is 0 Å². The van der Waals surface area contributed by atoms with E-state index in [2.05, 4.69) is 0 Å². The zero-order chi connectivity index (χ0) is 15.2. The molecule has 0 aromatic rings. The molecule has 8 atom stereocenters. The average molecular weight is 436 g/mol. The lowest BCUT2D eigenvalue weighted by Crippen LogP contribution is -3.07. The minimum atomic E-state index is -2.08. The Hall–Kier alpha value is 1.66. The van der Waals surface area contributed by atoms with Gasteiger partial charge < -0.3 is 0 Å². The molecule has 0 amide bonds. The predicted molar refractivity (Wildman–Crippen MR) is 78.7 cm³/mol. The maximum Gasteiger partial charge on any atom is 0.182 e. The molecule has 0 saturated heterocycles. The summed E-state index contributed by atoms with van der Waals surface area (Å²) < 4.78 is 0. The molecule has 0 N–H and O–H groups in total. The van der Waals surface area contributed by atoms with E-state index < -0.39 is 50.6 Å². The second-order valence-electron chi connectivity index (χ2n) is 5.93. The van der Waals surface area contributed by atoms with Crippen molar-refractivity contribution in [3.8, 4) is 0 Å². The molecule has 4 bridgehead atoms. The molecule has 0 unspecified atom stereocenters. The molecule has 6 aliphatic rings. The van der Waals surface area contributed by atoms with Gasteiger partial charge in [-0.05, 0) is 0 Å². The molecule has 10 heteroatoms. The smallest absolute Gasteiger partial charge is 0.182 e. The van der Waals surface area contributed by atoms with Crippen LogP contribution < -0.4 is 0 Å². The Bertz CT molecular complexity index is 668. The van der Waals surface area contributed by atoms with Crippen LogP contribution in [0, 0.1) is 0 Å². The molecule has 0 spiro atoms. The molecule has 108 valence electrons. The van der Waals surface area contributed by atoms with Crippen LogP contribution in [0.4, 0.5) is 0 Å². The van der Waals surface area contributed by atoms with Gasteiger partial charge in [0.1, 0.15) is 19.5 Å². The maximum atomic E-state index is 12.7. The van der Waals surface area contributed by atoms with E-state index in [0.29, 0.717) is 0 Å². The maximum absolute atomic E-state index is 12.7. The number of Topliss-reactive ketones (excluding diaryl/α,β-unsaturated/α-hetero) is 2. The van der Waals surface area contributed by atoms with Gasteiger partial charge in [-0.2, -0.15) is 0 Å². The number of halogens is 8. The number of rotatable bonds is 0. The zero-order valence-corrected chi connectivity index (χ0v) is 14.9. The fourth-order valence-electron chi connectivity index (χ4n) is 5.40. The lowest BCUT2D eigenvalue weighted by atomic mass is 9.37. The van der Waals surface area contributed by atoms with E-state index in [0.717, 1.165) is 0 Å². The summed E-state index contributed by atoms with van der Waals surface area (Å²) in [5.74, 6) is -1.57. The summed E-state index contributed by atoms with van der Waals surface area (Å²) in [6.07, 6.45) is 0. The highest BCUT2D eigenvalue weighted by Gasteiger charge is 3.29. The monoisotopic (exact) mass is 432 g/mol. The first-order valence-corrected chi connectivity index (χ1v) is 8.44. The molecular weight excluding hydrogens is 436 g/mol. The second-order valence-corrected chi connectivity index (χ2v) is 10.5. The number of hydrogen-bond acceptors (Lipinski definition) is 2. The number of carbonyl (C=O) groups excluding carboxylic acids is 2. The lowest BCUT2D eigenvalue weighted by molar-refractivity contribution is -0.126. The van der Waals surface area contributed by atoms with Crippen molar-refractivity contribution in [3.05, 3.63) is 0 Å². The van der Waals surface area contributed by atoms with Crippen LogP contribution in [0.3, 0.4) is 0 Å². The molecule has 0 aliphatic heterocycles. The molecule has 0 radical (unpaired) electrons. The summed E-state index contributed by atoms with van der Waals surface area (Å²) in [6, 6.07) is 0. The number of hydrogen-bond donors (Lipinski definition) is 0. The Labute approximate surface area is 152 Å². The minimum absolute atomic E-state index is 0.784. The molecule has 6 rings (SSSR count). The third kappa shape index (κ3) is 0.512. The largest absolute Gasteiger partial charge is 0.295 e. The Balaban J connectivity index is 2.11. The number of alkyl halides is 8. The molecule has 6 saturated carbocycles. The third-order valence-electron chi connectivity index (χ3n) is 6.00. The van der Waals surface area contributed by atoms with E-state index in [9.17, 15) is 9.59 Å². The van der Waals surface area contributed by atoms with E-state index in [1.54, 1.807) is 0 Å². The van der Waals surface area contributed by atoms with Gasteiger partial charge in [0, 0.05) is 0 Å². The summed E-state index contributed by atoms with van der Waals surface area (Å²) >= 11 is 51.6. The summed E-state index contributed by atoms with van der Waals surface area (Å²) in [5, 5.41) is 0. The SMILES string of the molecule is O=C1[C@@]2(Cl)[C@@]3(Cl)[C@@]4(Cl)C(=O)[C@]5(Cl)[C@@](Cl)([C@]14Cl)[C@@]2(Cl)[C@@]53Cl. The standard InChI is InChI=1S/C10Cl8O2/c11-3-1(19)5(13)8(16)4(3,12)2(20)6(14)7(3,15)9(5,17)10(6,8)18/t3-,4+,5+,6-,7-,8-,9+,10+/m0/s1. The van der Waals surface area contributed by atoms with Crippen molar-refractivity contribution in [3.63, 3.8) is 0 Å². The Kier molecular flexibility index (Phi) is 1.81. The van der Waals surface area contributed by atoms with Crippen LogP contribution in [0.15, 0.2) is 0 Å². The van der Waals surface area contributed by atoms with Crippen LogP contribution in [0.5, 0.6) is 0 Å². The van der Waals surface area contributed by atoms with E-state index in [1.807, 2.05) is 0 Å². The molecular formula is C10Cl8O2. The molecule has 20 heavy (non-hydrogen) atoms. The predicted octanol–water partition coefficient (Wildman–Crippen LogP) is 3.01. The van der Waals surface area contributed by atoms with Crippen LogP contribution in [0.1, 0.15) is 0 Å². The number of carbonyl (C=O) groups is 2. The van der Waals surface area contributed by atoms with Gasteiger partial charge in [0.15, 0.2) is 31.1 Å².